The van der Waals surface area contributed by atoms with E-state index in [1.54, 1.807) is 20.8 Å². The maximum atomic E-state index is 12.7. The van der Waals surface area contributed by atoms with Crippen LogP contribution in [-0.4, -0.2) is 63.8 Å². The van der Waals surface area contributed by atoms with E-state index in [-0.39, 0.29) is 18.7 Å². The lowest BCUT2D eigenvalue weighted by Crippen LogP contribution is -2.50. The van der Waals surface area contributed by atoms with Crippen molar-refractivity contribution in [2.75, 3.05) is 18.9 Å². The first-order valence-corrected chi connectivity index (χ1v) is 9.47. The van der Waals surface area contributed by atoms with Crippen LogP contribution < -0.4 is 5.73 Å². The van der Waals surface area contributed by atoms with E-state index in [0.717, 1.165) is 10.5 Å². The molecule has 0 fully saturated rings. The van der Waals surface area contributed by atoms with Crippen molar-refractivity contribution in [3.05, 3.63) is 35.9 Å². The Kier molecular flexibility index (Phi) is 9.25. The minimum Gasteiger partial charge on any atom is -0.443 e. The van der Waals surface area contributed by atoms with Crippen LogP contribution in [-0.2, 0) is 9.53 Å². The zero-order valence-electron chi connectivity index (χ0n) is 16.0. The lowest BCUT2D eigenvalue weighted by Gasteiger charge is -2.31. The number of carbonyl (C=O) groups excluding carboxylic acids is 2. The summed E-state index contributed by atoms with van der Waals surface area (Å²) < 4.78 is 5.36. The highest BCUT2D eigenvalue weighted by molar-refractivity contribution is 7.80. The van der Waals surface area contributed by atoms with Gasteiger partial charge in [-0.3, -0.25) is 4.79 Å². The van der Waals surface area contributed by atoms with E-state index in [1.807, 2.05) is 30.3 Å². The van der Waals surface area contributed by atoms with Gasteiger partial charge in [-0.2, -0.15) is 12.6 Å². The molecule has 2 amide bonds. The smallest absolute Gasteiger partial charge is 0.417 e. The second-order valence-electron chi connectivity index (χ2n) is 7.40. The molecule has 0 bridgehead atoms. The molecule has 27 heavy (non-hydrogen) atoms. The topological polar surface area (TPSA) is 113 Å². The molecule has 0 heterocycles. The molecule has 152 valence electrons. The van der Waals surface area contributed by atoms with Crippen LogP contribution in [0.5, 0.6) is 0 Å². The number of nitrogens with zero attached hydrogens (tertiary/aromatic N) is 1. The summed E-state index contributed by atoms with van der Waals surface area (Å²) in [5.41, 5.74) is 5.84. The van der Waals surface area contributed by atoms with Gasteiger partial charge in [0.1, 0.15) is 5.60 Å². The van der Waals surface area contributed by atoms with Crippen molar-refractivity contribution in [1.82, 2.24) is 4.90 Å². The lowest BCUT2D eigenvalue weighted by molar-refractivity contribution is -0.131. The van der Waals surface area contributed by atoms with E-state index >= 15 is 0 Å². The van der Waals surface area contributed by atoms with Crippen molar-refractivity contribution in [1.29, 1.82) is 0 Å². The van der Waals surface area contributed by atoms with Gasteiger partial charge in [0.05, 0.1) is 18.8 Å². The molecule has 2 unspecified atom stereocenters. The summed E-state index contributed by atoms with van der Waals surface area (Å²) in [6.07, 6.45) is -1.61. The number of aliphatic hydroxyl groups excluding tert-OH is 2. The summed E-state index contributed by atoms with van der Waals surface area (Å²) in [7, 11) is 0. The molecule has 1 aromatic carbocycles. The Morgan fingerprint density at radius 2 is 1.85 bits per heavy atom. The van der Waals surface area contributed by atoms with E-state index in [9.17, 15) is 19.8 Å². The largest absolute Gasteiger partial charge is 0.443 e. The van der Waals surface area contributed by atoms with Crippen molar-refractivity contribution >= 4 is 24.6 Å². The molecule has 0 spiro atoms. The lowest BCUT2D eigenvalue weighted by atomic mass is 9.92. The third-order valence-corrected chi connectivity index (χ3v) is 4.23. The number of ether oxygens (including phenoxy) is 1. The van der Waals surface area contributed by atoms with Gasteiger partial charge in [-0.05, 0) is 32.8 Å². The van der Waals surface area contributed by atoms with Crippen LogP contribution in [0.3, 0.4) is 0 Å². The third-order valence-electron chi connectivity index (χ3n) is 3.84. The monoisotopic (exact) mass is 398 g/mol. The molecule has 8 heteroatoms. The highest BCUT2D eigenvalue weighted by Crippen LogP contribution is 2.24. The van der Waals surface area contributed by atoms with E-state index in [2.05, 4.69) is 12.6 Å². The van der Waals surface area contributed by atoms with Gasteiger partial charge in [-0.15, -0.1) is 0 Å². The Hall–Kier alpha value is -1.61. The Morgan fingerprint density at radius 3 is 2.33 bits per heavy atom. The maximum Gasteiger partial charge on any atom is 0.417 e. The van der Waals surface area contributed by atoms with Crippen LogP contribution >= 0.6 is 12.6 Å². The number of amides is 2. The fraction of sp³-hybridized carbons (Fsp3) is 0.579. The first kappa shape index (κ1) is 23.4. The normalized spacial score (nSPS) is 14.9. The molecule has 0 aliphatic rings. The molecule has 0 aromatic heterocycles. The summed E-state index contributed by atoms with van der Waals surface area (Å²) in [4.78, 5) is 26.3. The van der Waals surface area contributed by atoms with Crippen LogP contribution in [0, 0.1) is 0 Å². The zero-order chi connectivity index (χ0) is 20.6. The van der Waals surface area contributed by atoms with Gasteiger partial charge in [0.2, 0.25) is 5.91 Å². The Balaban J connectivity index is 3.16. The van der Waals surface area contributed by atoms with Crippen LogP contribution in [0.15, 0.2) is 30.3 Å². The average molecular weight is 399 g/mol. The van der Waals surface area contributed by atoms with Crippen molar-refractivity contribution in [2.24, 2.45) is 5.73 Å². The predicted molar refractivity (Wildman–Crippen MR) is 107 cm³/mol. The van der Waals surface area contributed by atoms with Crippen LogP contribution in [0.25, 0.3) is 0 Å². The summed E-state index contributed by atoms with van der Waals surface area (Å²) >= 11 is 4.04. The predicted octanol–water partition coefficient (Wildman–Crippen LogP) is 1.53. The van der Waals surface area contributed by atoms with Crippen molar-refractivity contribution in [3.8, 4) is 0 Å². The molecule has 0 saturated carbocycles. The second kappa shape index (κ2) is 10.7. The van der Waals surface area contributed by atoms with Gasteiger partial charge in [0, 0.05) is 18.2 Å². The fourth-order valence-electron chi connectivity index (χ4n) is 2.51. The number of hydrogen-bond acceptors (Lipinski definition) is 7. The molecule has 1 rings (SSSR count). The van der Waals surface area contributed by atoms with Gasteiger partial charge in [-0.25, -0.2) is 9.69 Å². The highest BCUT2D eigenvalue weighted by atomic mass is 32.1. The molecule has 0 aliphatic heterocycles. The molecule has 0 aliphatic carbocycles. The van der Waals surface area contributed by atoms with E-state index in [4.69, 9.17) is 10.5 Å². The van der Waals surface area contributed by atoms with E-state index in [0.29, 0.717) is 0 Å². The summed E-state index contributed by atoms with van der Waals surface area (Å²) in [5.74, 6) is -0.913. The molecular formula is C19H30N2O5S. The Morgan fingerprint density at radius 1 is 1.26 bits per heavy atom. The second-order valence-corrected chi connectivity index (χ2v) is 7.76. The van der Waals surface area contributed by atoms with Crippen molar-refractivity contribution in [2.45, 2.75) is 50.9 Å². The molecular weight excluding hydrogens is 368 g/mol. The minimum absolute atomic E-state index is 0.0315. The first-order valence-electron chi connectivity index (χ1n) is 8.83. The Labute approximate surface area is 165 Å². The number of imide groups is 1. The fourth-order valence-corrected chi connectivity index (χ4v) is 2.67. The third kappa shape index (κ3) is 7.88. The minimum atomic E-state index is -0.982. The van der Waals surface area contributed by atoms with Gasteiger partial charge in [-0.1, -0.05) is 30.3 Å². The number of rotatable bonds is 8. The molecule has 0 radical (unpaired) electrons. The Bertz CT molecular complexity index is 606. The number of thiol groups is 1. The van der Waals surface area contributed by atoms with Gasteiger partial charge >= 0.3 is 6.09 Å². The SMILES string of the molecule is CC(C)(C)OC(=O)N(CC(CC(O)CO)c1ccccc1)C(=O)[C@@H](N)CS. The summed E-state index contributed by atoms with van der Waals surface area (Å²) in [5, 5.41) is 19.1. The molecule has 0 saturated heterocycles. The van der Waals surface area contributed by atoms with Gasteiger partial charge < -0.3 is 20.7 Å². The number of aliphatic hydroxyl groups is 2. The molecule has 7 nitrogen and oxygen atoms in total. The van der Waals surface area contributed by atoms with E-state index < -0.39 is 42.3 Å². The number of hydrogen-bond donors (Lipinski definition) is 4. The van der Waals surface area contributed by atoms with Gasteiger partial charge in [0.15, 0.2) is 0 Å². The summed E-state index contributed by atoms with van der Waals surface area (Å²) in [6.45, 7) is 4.67. The number of carbonyl (C=O) groups is 2. The van der Waals surface area contributed by atoms with Crippen molar-refractivity contribution in [3.63, 3.8) is 0 Å². The van der Waals surface area contributed by atoms with Crippen molar-refractivity contribution < 1.29 is 24.5 Å². The van der Waals surface area contributed by atoms with Crippen LogP contribution in [0.1, 0.15) is 38.7 Å². The standard InChI is InChI=1S/C19H30N2O5S/c1-19(2,3)26-18(25)21(17(24)16(20)12-27)10-14(9-15(23)11-22)13-7-5-4-6-8-13/h4-8,14-16,22-23,27H,9-12,20H2,1-3H3/t14?,15?,16-/m0/s1. The van der Waals surface area contributed by atoms with Crippen LogP contribution in [0.2, 0.25) is 0 Å². The van der Waals surface area contributed by atoms with E-state index in [1.165, 1.54) is 0 Å². The average Bonchev–Trinajstić information content (AvgIpc) is 2.62. The number of nitrogens with two attached hydrogens (primary N) is 1. The molecule has 4 N–H and O–H groups in total. The maximum absolute atomic E-state index is 12.7. The van der Waals surface area contributed by atoms with Crippen LogP contribution in [0.4, 0.5) is 4.79 Å². The quantitative estimate of drug-likeness (QED) is 0.494. The van der Waals surface area contributed by atoms with Gasteiger partial charge in [0.25, 0.3) is 0 Å². The number of benzene rings is 1. The summed E-state index contributed by atoms with van der Waals surface area (Å²) in [6, 6.07) is 8.21. The first-order chi connectivity index (χ1) is 12.6. The zero-order valence-corrected chi connectivity index (χ0v) is 16.9. The highest BCUT2D eigenvalue weighted by Gasteiger charge is 2.33. The molecule has 1 aromatic rings. The molecule has 3 atom stereocenters.